The maximum Gasteiger partial charge on any atom is 0.416 e. The van der Waals surface area contributed by atoms with E-state index < -0.39 is 41.1 Å². The van der Waals surface area contributed by atoms with Crippen LogP contribution in [0.1, 0.15) is 46.7 Å². The summed E-state index contributed by atoms with van der Waals surface area (Å²) >= 11 is 0. The summed E-state index contributed by atoms with van der Waals surface area (Å²) in [6.07, 6.45) is -3.50. The molecule has 0 spiro atoms. The first kappa shape index (κ1) is 25.9. The Balaban J connectivity index is 1.94. The smallest absolute Gasteiger partial charge is 0.416 e. The number of hydrogen-bond donors (Lipinski definition) is 0. The van der Waals surface area contributed by atoms with Crippen molar-refractivity contribution < 1.29 is 22.7 Å². The minimum Gasteiger partial charge on any atom is -0.462 e. The van der Waals surface area contributed by atoms with Gasteiger partial charge in [-0.25, -0.2) is 14.6 Å². The molecule has 2 heterocycles. The Morgan fingerprint density at radius 2 is 1.78 bits per heavy atom. The van der Waals surface area contributed by atoms with Crippen molar-refractivity contribution in [1.82, 2.24) is 18.7 Å². The summed E-state index contributed by atoms with van der Waals surface area (Å²) in [5, 5.41) is 0. The lowest BCUT2D eigenvalue weighted by Crippen LogP contribution is -2.42. The molecule has 0 radical (unpaired) electrons. The van der Waals surface area contributed by atoms with Crippen molar-refractivity contribution in [2.75, 3.05) is 6.61 Å². The number of nitrogens with zero attached hydrogens (tertiary/aromatic N) is 4. The fourth-order valence-electron chi connectivity index (χ4n) is 4.39. The topological polar surface area (TPSA) is 88.1 Å². The highest BCUT2D eigenvalue weighted by Gasteiger charge is 2.33. The van der Waals surface area contributed by atoms with E-state index in [-0.39, 0.29) is 17.7 Å². The number of esters is 1. The molecule has 0 N–H and O–H groups in total. The second kappa shape index (κ2) is 9.72. The van der Waals surface area contributed by atoms with Crippen molar-refractivity contribution in [2.24, 2.45) is 0 Å². The first-order valence-corrected chi connectivity index (χ1v) is 11.6. The highest BCUT2D eigenvalue weighted by molar-refractivity contribution is 5.88. The molecule has 37 heavy (non-hydrogen) atoms. The third-order valence-corrected chi connectivity index (χ3v) is 6.26. The lowest BCUT2D eigenvalue weighted by molar-refractivity contribution is -0.138. The second-order valence-corrected chi connectivity index (χ2v) is 8.47. The summed E-state index contributed by atoms with van der Waals surface area (Å²) in [6, 6.07) is 8.62. The lowest BCUT2D eigenvalue weighted by Gasteiger charge is -2.16. The Morgan fingerprint density at radius 3 is 2.43 bits per heavy atom. The van der Waals surface area contributed by atoms with E-state index in [1.54, 1.807) is 25.1 Å². The summed E-state index contributed by atoms with van der Waals surface area (Å²) in [4.78, 5) is 43.8. The third-order valence-electron chi connectivity index (χ3n) is 6.26. The fraction of sp³-hybridized carbons (Fsp3) is 0.308. The molecular formula is C26H25F3N4O4. The van der Waals surface area contributed by atoms with Gasteiger partial charge in [0.05, 0.1) is 35.4 Å². The number of fused-ring (bicyclic) bond motifs is 1. The number of alkyl halides is 3. The summed E-state index contributed by atoms with van der Waals surface area (Å²) in [6.45, 7) is 6.89. The first-order valence-electron chi connectivity index (χ1n) is 11.6. The standard InChI is InChI=1S/C26H25F3N4O4/c1-5-31-16(4)30-21-12-18(10-11-22(21)31)32-14-19(24(35)37-6-2)23(34)33(25(32)36)13-17-8-7-9-20(15(17)3)26(27,28)29/h7-12,14H,5-6,13H2,1-4H3. The Kier molecular flexibility index (Phi) is 6.81. The highest BCUT2D eigenvalue weighted by atomic mass is 19.4. The van der Waals surface area contributed by atoms with Gasteiger partial charge in [-0.05, 0) is 63.1 Å². The van der Waals surface area contributed by atoms with Crippen LogP contribution in [0.2, 0.25) is 0 Å². The van der Waals surface area contributed by atoms with Crippen LogP contribution in [0, 0.1) is 13.8 Å². The van der Waals surface area contributed by atoms with Crippen LogP contribution < -0.4 is 11.2 Å². The van der Waals surface area contributed by atoms with Gasteiger partial charge in [0.1, 0.15) is 11.4 Å². The molecule has 0 atom stereocenters. The Hall–Kier alpha value is -4.15. The summed E-state index contributed by atoms with van der Waals surface area (Å²) < 4.78 is 49.2. The highest BCUT2D eigenvalue weighted by Crippen LogP contribution is 2.33. The molecule has 0 amide bonds. The van der Waals surface area contributed by atoms with Crippen molar-refractivity contribution >= 4 is 17.0 Å². The average Bonchev–Trinajstić information content (AvgIpc) is 3.16. The van der Waals surface area contributed by atoms with Crippen LogP contribution in [0.4, 0.5) is 13.2 Å². The van der Waals surface area contributed by atoms with E-state index in [9.17, 15) is 27.6 Å². The number of carbonyl (C=O) groups excluding carboxylic acids is 1. The zero-order chi connectivity index (χ0) is 27.1. The molecule has 0 unspecified atom stereocenters. The van der Waals surface area contributed by atoms with E-state index in [4.69, 9.17) is 4.74 Å². The molecule has 0 saturated carbocycles. The number of carbonyl (C=O) groups is 1. The van der Waals surface area contributed by atoms with E-state index in [2.05, 4.69) is 4.98 Å². The Labute approximate surface area is 209 Å². The minimum absolute atomic E-state index is 0.0101. The van der Waals surface area contributed by atoms with Gasteiger partial charge < -0.3 is 9.30 Å². The summed E-state index contributed by atoms with van der Waals surface area (Å²) in [5.41, 5.74) is -1.27. The number of rotatable bonds is 6. The van der Waals surface area contributed by atoms with Gasteiger partial charge in [0, 0.05) is 12.7 Å². The third kappa shape index (κ3) is 4.68. The minimum atomic E-state index is -4.60. The van der Waals surface area contributed by atoms with E-state index >= 15 is 0 Å². The first-order chi connectivity index (χ1) is 17.5. The molecule has 0 fully saturated rings. The Bertz CT molecular complexity index is 1630. The molecule has 0 bridgehead atoms. The van der Waals surface area contributed by atoms with Crippen LogP contribution in [0.25, 0.3) is 16.7 Å². The quantitative estimate of drug-likeness (QED) is 0.360. The molecule has 0 saturated heterocycles. The monoisotopic (exact) mass is 514 g/mol. The maximum absolute atomic E-state index is 13.5. The molecular weight excluding hydrogens is 489 g/mol. The van der Waals surface area contributed by atoms with Gasteiger partial charge in [0.2, 0.25) is 0 Å². The van der Waals surface area contributed by atoms with Crippen LogP contribution in [-0.2, 0) is 24.0 Å². The SMILES string of the molecule is CCOC(=O)c1cn(-c2ccc3c(c2)nc(C)n3CC)c(=O)n(Cc2cccc(C(F)(F)F)c2C)c1=O. The van der Waals surface area contributed by atoms with Gasteiger partial charge >= 0.3 is 17.8 Å². The number of imidazole rings is 1. The van der Waals surface area contributed by atoms with E-state index in [1.165, 1.54) is 19.1 Å². The van der Waals surface area contributed by atoms with Gasteiger partial charge in [-0.15, -0.1) is 0 Å². The van der Waals surface area contributed by atoms with Gasteiger partial charge in [-0.2, -0.15) is 13.2 Å². The van der Waals surface area contributed by atoms with Crippen molar-refractivity contribution in [1.29, 1.82) is 0 Å². The van der Waals surface area contributed by atoms with Gasteiger partial charge in [0.15, 0.2) is 0 Å². The number of ether oxygens (including phenoxy) is 1. The summed E-state index contributed by atoms with van der Waals surface area (Å²) in [7, 11) is 0. The predicted molar refractivity (Wildman–Crippen MR) is 131 cm³/mol. The molecule has 11 heteroatoms. The number of hydrogen-bond acceptors (Lipinski definition) is 5. The molecule has 194 valence electrons. The largest absolute Gasteiger partial charge is 0.462 e. The normalized spacial score (nSPS) is 11.8. The number of halogens is 3. The van der Waals surface area contributed by atoms with Crippen LogP contribution in [0.3, 0.4) is 0 Å². The van der Waals surface area contributed by atoms with E-state index in [0.717, 1.165) is 32.7 Å². The van der Waals surface area contributed by atoms with Gasteiger partial charge in [0.25, 0.3) is 5.56 Å². The average molecular weight is 515 g/mol. The molecule has 2 aromatic heterocycles. The summed E-state index contributed by atoms with van der Waals surface area (Å²) in [5.74, 6) is -0.165. The number of aromatic nitrogens is 4. The van der Waals surface area contributed by atoms with Crippen molar-refractivity contribution in [2.45, 2.75) is 47.0 Å². The second-order valence-electron chi connectivity index (χ2n) is 8.47. The molecule has 0 aliphatic carbocycles. The molecule has 4 rings (SSSR count). The molecule has 2 aromatic carbocycles. The molecule has 0 aliphatic rings. The molecule has 8 nitrogen and oxygen atoms in total. The van der Waals surface area contributed by atoms with Crippen LogP contribution in [0.5, 0.6) is 0 Å². The van der Waals surface area contributed by atoms with Crippen molar-refractivity contribution in [3.63, 3.8) is 0 Å². The van der Waals surface area contributed by atoms with E-state index in [1.807, 2.05) is 18.4 Å². The van der Waals surface area contributed by atoms with Crippen LogP contribution in [-0.4, -0.2) is 31.3 Å². The zero-order valence-corrected chi connectivity index (χ0v) is 20.7. The van der Waals surface area contributed by atoms with Crippen LogP contribution in [0.15, 0.2) is 52.2 Å². The van der Waals surface area contributed by atoms with Crippen molar-refractivity contribution in [3.8, 4) is 5.69 Å². The van der Waals surface area contributed by atoms with E-state index in [0.29, 0.717) is 17.7 Å². The molecule has 4 aromatic rings. The molecule has 0 aliphatic heterocycles. The fourth-order valence-corrected chi connectivity index (χ4v) is 4.39. The van der Waals surface area contributed by atoms with Gasteiger partial charge in [-0.1, -0.05) is 12.1 Å². The van der Waals surface area contributed by atoms with Gasteiger partial charge in [-0.3, -0.25) is 13.9 Å². The predicted octanol–water partition coefficient (Wildman–Crippen LogP) is 4.23. The van der Waals surface area contributed by atoms with Crippen molar-refractivity contribution in [3.05, 3.63) is 91.5 Å². The number of aryl methyl sites for hydroxylation is 2. The Morgan fingerprint density at radius 1 is 1.05 bits per heavy atom. The lowest BCUT2D eigenvalue weighted by atomic mass is 10.0. The maximum atomic E-state index is 13.5. The number of benzene rings is 2. The van der Waals surface area contributed by atoms with Crippen LogP contribution >= 0.6 is 0 Å². The zero-order valence-electron chi connectivity index (χ0n) is 20.7.